The molecule has 2 aromatic heterocycles. The van der Waals surface area contributed by atoms with Crippen molar-refractivity contribution in [1.82, 2.24) is 9.97 Å². The minimum Gasteiger partial charge on any atom is -0.284 e. The first-order valence-electron chi connectivity index (χ1n) is 17.9. The van der Waals surface area contributed by atoms with Crippen LogP contribution in [0.25, 0.3) is 0 Å². The van der Waals surface area contributed by atoms with Crippen LogP contribution < -0.4 is 9.80 Å². The van der Waals surface area contributed by atoms with Crippen LogP contribution in [0.3, 0.4) is 0 Å². The van der Waals surface area contributed by atoms with Gasteiger partial charge in [0, 0.05) is 41.4 Å². The zero-order chi connectivity index (χ0) is 37.8. The topological polar surface area (TPSA) is 158 Å². The second-order valence-electron chi connectivity index (χ2n) is 13.9. The Morgan fingerprint density at radius 1 is 0.887 bits per heavy atom. The number of benzene rings is 2. The van der Waals surface area contributed by atoms with Crippen LogP contribution in [-0.4, -0.2) is 56.7 Å². The third kappa shape index (κ3) is 8.72. The van der Waals surface area contributed by atoms with Crippen LogP contribution in [-0.2, 0) is 29.3 Å². The molecule has 2 aromatic carbocycles. The van der Waals surface area contributed by atoms with Crippen LogP contribution >= 0.6 is 22.7 Å². The highest BCUT2D eigenvalue weighted by molar-refractivity contribution is 7.91. The Labute approximate surface area is 319 Å². The summed E-state index contributed by atoms with van der Waals surface area (Å²) in [7, 11) is -7.22. The lowest BCUT2D eigenvalue weighted by Crippen LogP contribution is -2.43. The van der Waals surface area contributed by atoms with Crippen molar-refractivity contribution in [2.75, 3.05) is 21.8 Å². The number of carbonyl (C=O) groups excluding carboxylic acids is 2. The van der Waals surface area contributed by atoms with Crippen LogP contribution in [0, 0.1) is 23.2 Å². The lowest BCUT2D eigenvalue weighted by atomic mass is 9.81. The summed E-state index contributed by atoms with van der Waals surface area (Å²) in [5, 5.41) is 14.5. The Balaban J connectivity index is 1.46. The van der Waals surface area contributed by atoms with Crippen molar-refractivity contribution in [3.8, 4) is 6.07 Å². The first-order chi connectivity index (χ1) is 25.4. The number of thiazole rings is 2. The fourth-order valence-electron chi connectivity index (χ4n) is 7.69. The minimum atomic E-state index is -3.72. The van der Waals surface area contributed by atoms with E-state index in [2.05, 4.69) is 9.97 Å². The molecule has 2 atom stereocenters. The van der Waals surface area contributed by atoms with E-state index in [0.29, 0.717) is 27.9 Å². The standard InChI is InChI=1S/C38H43N5O6S4/c1-3-53(48,49)32-15-12-27(13-16-32)33(36(45)42(30-10-6-7-11-30)37-40-18-20-50-37)24-28(22-26-8-4-5-9-26)35(44)43(38-41-19-21-51-38)31-14-17-34(52(2,46)47)29(23-31)25-39/h12-21,23,26,28,30,33H,3-11,22,24H2,1-2H3. The molecule has 2 fully saturated rings. The monoisotopic (exact) mass is 793 g/mol. The van der Waals surface area contributed by atoms with Gasteiger partial charge in [0.2, 0.25) is 11.8 Å². The van der Waals surface area contributed by atoms with Gasteiger partial charge in [-0.15, -0.1) is 22.7 Å². The summed E-state index contributed by atoms with van der Waals surface area (Å²) in [5.41, 5.74) is 0.828. The summed E-state index contributed by atoms with van der Waals surface area (Å²) in [5.74, 6) is -1.80. The van der Waals surface area contributed by atoms with E-state index in [-0.39, 0.29) is 51.3 Å². The molecule has 2 aliphatic carbocycles. The second kappa shape index (κ2) is 16.6. The number of nitrogens with zero attached hydrogens (tertiary/aromatic N) is 5. The van der Waals surface area contributed by atoms with E-state index < -0.39 is 31.5 Å². The molecule has 0 bridgehead atoms. The van der Waals surface area contributed by atoms with Crippen molar-refractivity contribution in [2.24, 2.45) is 11.8 Å². The Bertz CT molecular complexity index is 2150. The van der Waals surface area contributed by atoms with Crippen LogP contribution in [0.4, 0.5) is 16.0 Å². The third-order valence-corrected chi connectivity index (χ3v) is 14.8. The summed E-state index contributed by atoms with van der Waals surface area (Å²) >= 11 is 2.63. The van der Waals surface area contributed by atoms with Gasteiger partial charge >= 0.3 is 0 Å². The summed E-state index contributed by atoms with van der Waals surface area (Å²) < 4.78 is 50.5. The summed E-state index contributed by atoms with van der Waals surface area (Å²) in [6.45, 7) is 1.59. The highest BCUT2D eigenvalue weighted by Crippen LogP contribution is 2.41. The third-order valence-electron chi connectivity index (χ3n) is 10.4. The van der Waals surface area contributed by atoms with Gasteiger partial charge in [-0.25, -0.2) is 26.8 Å². The molecule has 2 saturated carbocycles. The maximum Gasteiger partial charge on any atom is 0.236 e. The van der Waals surface area contributed by atoms with Crippen molar-refractivity contribution < 1.29 is 26.4 Å². The summed E-state index contributed by atoms with van der Waals surface area (Å²) in [6, 6.07) is 12.7. The fraction of sp³-hybridized carbons (Fsp3) is 0.447. The quantitative estimate of drug-likeness (QED) is 0.125. The number of aromatic nitrogens is 2. The smallest absolute Gasteiger partial charge is 0.236 e. The average Bonchev–Trinajstić information content (AvgIpc) is 4.00. The van der Waals surface area contributed by atoms with Crippen LogP contribution in [0.1, 0.15) is 88.2 Å². The molecule has 6 rings (SSSR count). The molecular formula is C38H43N5O6S4. The molecule has 15 heteroatoms. The van der Waals surface area contributed by atoms with Crippen molar-refractivity contribution >= 4 is 70.1 Å². The van der Waals surface area contributed by atoms with E-state index in [0.717, 1.165) is 57.6 Å². The predicted octanol–water partition coefficient (Wildman–Crippen LogP) is 7.68. The highest BCUT2D eigenvalue weighted by Gasteiger charge is 2.40. The number of hydrogen-bond donors (Lipinski definition) is 0. The van der Waals surface area contributed by atoms with Gasteiger partial charge in [-0.3, -0.25) is 19.4 Å². The molecule has 2 unspecified atom stereocenters. The molecule has 53 heavy (non-hydrogen) atoms. The normalized spacial score (nSPS) is 16.6. The van der Waals surface area contributed by atoms with E-state index >= 15 is 9.59 Å². The van der Waals surface area contributed by atoms with Gasteiger partial charge in [0.25, 0.3) is 0 Å². The molecule has 0 aliphatic heterocycles. The number of amides is 2. The van der Waals surface area contributed by atoms with Gasteiger partial charge in [-0.05, 0) is 67.5 Å². The Kier molecular flexibility index (Phi) is 12.1. The number of anilines is 3. The van der Waals surface area contributed by atoms with Gasteiger partial charge in [-0.2, -0.15) is 5.26 Å². The maximum atomic E-state index is 15.2. The van der Waals surface area contributed by atoms with Crippen LogP contribution in [0.5, 0.6) is 0 Å². The lowest BCUT2D eigenvalue weighted by molar-refractivity contribution is -0.124. The molecule has 0 saturated heterocycles. The molecule has 4 aromatic rings. The average molecular weight is 794 g/mol. The Morgan fingerprint density at radius 2 is 1.51 bits per heavy atom. The van der Waals surface area contributed by atoms with Crippen molar-refractivity contribution in [3.05, 3.63) is 76.7 Å². The molecule has 2 aliphatic rings. The van der Waals surface area contributed by atoms with E-state index in [1.54, 1.807) is 53.9 Å². The number of nitriles is 1. The van der Waals surface area contributed by atoms with Crippen molar-refractivity contribution in [1.29, 1.82) is 5.26 Å². The van der Waals surface area contributed by atoms with Crippen LogP contribution in [0.15, 0.2) is 75.4 Å². The predicted molar refractivity (Wildman–Crippen MR) is 207 cm³/mol. The molecule has 11 nitrogen and oxygen atoms in total. The molecule has 280 valence electrons. The van der Waals surface area contributed by atoms with Gasteiger partial charge < -0.3 is 0 Å². The molecule has 0 spiro atoms. The highest BCUT2D eigenvalue weighted by atomic mass is 32.2. The van der Waals surface area contributed by atoms with Crippen LogP contribution in [0.2, 0.25) is 0 Å². The molecule has 2 amide bonds. The molecule has 2 heterocycles. The van der Waals surface area contributed by atoms with Gasteiger partial charge in [0.15, 0.2) is 29.9 Å². The van der Waals surface area contributed by atoms with Gasteiger partial charge in [0.05, 0.1) is 32.7 Å². The molecule has 0 N–H and O–H groups in total. The lowest BCUT2D eigenvalue weighted by Gasteiger charge is -2.33. The summed E-state index contributed by atoms with van der Waals surface area (Å²) in [4.78, 5) is 42.6. The van der Waals surface area contributed by atoms with E-state index in [9.17, 15) is 22.1 Å². The Morgan fingerprint density at radius 3 is 2.08 bits per heavy atom. The number of rotatable bonds is 14. The number of sulfone groups is 2. The number of carbonyl (C=O) groups is 2. The first-order valence-corrected chi connectivity index (χ1v) is 23.2. The Hall–Kier alpha value is -3.97. The minimum absolute atomic E-state index is 0.0514. The largest absolute Gasteiger partial charge is 0.284 e. The SMILES string of the molecule is CCS(=O)(=O)c1ccc(C(CC(CC2CCCC2)C(=O)N(c2ccc(S(C)(=O)=O)c(C#N)c2)c2nccs2)C(=O)N(c2nccs2)C2CCCC2)cc1. The van der Waals surface area contributed by atoms with E-state index in [1.165, 1.54) is 45.8 Å². The zero-order valence-electron chi connectivity index (χ0n) is 29.8. The second-order valence-corrected chi connectivity index (χ2v) is 19.9. The number of hydrogen-bond acceptors (Lipinski definition) is 11. The first kappa shape index (κ1) is 38.7. The van der Waals surface area contributed by atoms with E-state index in [4.69, 9.17) is 0 Å². The zero-order valence-corrected chi connectivity index (χ0v) is 33.0. The maximum absolute atomic E-state index is 15.2. The fourth-order valence-corrected chi connectivity index (χ4v) is 10.8. The van der Waals surface area contributed by atoms with Crippen molar-refractivity contribution in [3.63, 3.8) is 0 Å². The van der Waals surface area contributed by atoms with Gasteiger partial charge in [-0.1, -0.05) is 57.6 Å². The van der Waals surface area contributed by atoms with E-state index in [1.807, 2.05) is 11.4 Å². The summed E-state index contributed by atoms with van der Waals surface area (Å²) in [6.07, 6.45) is 12.6. The van der Waals surface area contributed by atoms with Crippen molar-refractivity contribution in [2.45, 2.75) is 92.9 Å². The molecule has 0 radical (unpaired) electrons. The van der Waals surface area contributed by atoms with Gasteiger partial charge in [0.1, 0.15) is 6.07 Å². The molecular weight excluding hydrogens is 751 g/mol.